The lowest BCUT2D eigenvalue weighted by atomic mass is 10.3. The van der Waals surface area contributed by atoms with Crippen LogP contribution in [0.5, 0.6) is 0 Å². The predicted molar refractivity (Wildman–Crippen MR) is 59.3 cm³/mol. The first-order chi connectivity index (χ1) is 7.75. The fourth-order valence-electron chi connectivity index (χ4n) is 1.21. The van der Waals surface area contributed by atoms with Crippen molar-refractivity contribution in [3.8, 4) is 0 Å². The molecule has 1 amide bonds. The number of nitrogens with one attached hydrogen (secondary N) is 2. The zero-order valence-electron chi connectivity index (χ0n) is 8.31. The van der Waals surface area contributed by atoms with Crippen LogP contribution in [0.25, 0.3) is 0 Å². The van der Waals surface area contributed by atoms with E-state index in [4.69, 9.17) is 0 Å². The highest BCUT2D eigenvalue weighted by Gasteiger charge is 2.05. The molecule has 0 bridgehead atoms. The second-order valence-electron chi connectivity index (χ2n) is 3.12. The Morgan fingerprint density at radius 3 is 2.62 bits per heavy atom. The molecule has 2 aromatic heterocycles. The minimum Gasteiger partial charge on any atom is -0.321 e. The van der Waals surface area contributed by atoms with Crippen LogP contribution in [0.4, 0.5) is 5.69 Å². The van der Waals surface area contributed by atoms with Crippen LogP contribution in [-0.4, -0.2) is 15.9 Å². The highest BCUT2D eigenvalue weighted by atomic mass is 16.2. The molecule has 0 atom stereocenters. The summed E-state index contributed by atoms with van der Waals surface area (Å²) in [5.41, 5.74) is 0.552. The number of carbonyl (C=O) groups excluding carboxylic acids is 1. The summed E-state index contributed by atoms with van der Waals surface area (Å²) in [6, 6.07) is 7.75. The smallest absolute Gasteiger partial charge is 0.272 e. The maximum absolute atomic E-state index is 11.7. The Balaban J connectivity index is 2.18. The molecular weight excluding hydrogens is 206 g/mol. The molecule has 0 spiro atoms. The van der Waals surface area contributed by atoms with Gasteiger partial charge in [-0.2, -0.15) is 0 Å². The highest BCUT2D eigenvalue weighted by molar-refractivity contribution is 6.02. The lowest BCUT2D eigenvalue weighted by Crippen LogP contribution is -2.17. The molecule has 16 heavy (non-hydrogen) atoms. The predicted octanol–water partition coefficient (Wildman–Crippen LogP) is 1.02. The Labute approximate surface area is 91.2 Å². The van der Waals surface area contributed by atoms with Gasteiger partial charge in [-0.1, -0.05) is 6.07 Å². The summed E-state index contributed by atoms with van der Waals surface area (Å²) >= 11 is 0. The molecule has 0 aromatic carbocycles. The molecule has 0 aliphatic rings. The first-order valence-electron chi connectivity index (χ1n) is 4.66. The van der Waals surface area contributed by atoms with Crippen LogP contribution in [0, 0.1) is 0 Å². The quantitative estimate of drug-likeness (QED) is 0.785. The lowest BCUT2D eigenvalue weighted by molar-refractivity contribution is 0.102. The van der Waals surface area contributed by atoms with Gasteiger partial charge in [-0.3, -0.25) is 14.6 Å². The molecule has 0 aliphatic carbocycles. The van der Waals surface area contributed by atoms with Gasteiger partial charge in [0.15, 0.2) is 0 Å². The van der Waals surface area contributed by atoms with Crippen LogP contribution in [0.3, 0.4) is 0 Å². The number of hydrogen-bond acceptors (Lipinski definition) is 3. The summed E-state index contributed by atoms with van der Waals surface area (Å²) in [6.07, 6.45) is 3.15. The summed E-state index contributed by atoms with van der Waals surface area (Å²) < 4.78 is 0. The summed E-state index contributed by atoms with van der Waals surface area (Å²) in [5, 5.41) is 2.64. The van der Waals surface area contributed by atoms with E-state index in [1.165, 1.54) is 18.2 Å². The summed E-state index contributed by atoms with van der Waals surface area (Å²) in [5.74, 6) is -0.357. The number of H-pyrrole nitrogens is 1. The van der Waals surface area contributed by atoms with Gasteiger partial charge in [0, 0.05) is 24.1 Å². The average Bonchev–Trinajstić information content (AvgIpc) is 2.30. The molecule has 5 nitrogen and oxygen atoms in total. The van der Waals surface area contributed by atoms with Crippen molar-refractivity contribution < 1.29 is 4.79 Å². The number of amides is 1. The Bertz CT molecular complexity index is 548. The summed E-state index contributed by atoms with van der Waals surface area (Å²) in [4.78, 5) is 28.9. The number of pyridine rings is 2. The van der Waals surface area contributed by atoms with Crippen molar-refractivity contribution in [1.82, 2.24) is 9.97 Å². The number of hydrogen-bond donors (Lipinski definition) is 2. The zero-order chi connectivity index (χ0) is 11.4. The van der Waals surface area contributed by atoms with Gasteiger partial charge in [0.05, 0.1) is 0 Å². The molecule has 2 rings (SSSR count). The second kappa shape index (κ2) is 4.39. The third kappa shape index (κ3) is 2.33. The monoisotopic (exact) mass is 215 g/mol. The van der Waals surface area contributed by atoms with Crippen LogP contribution in [0.15, 0.2) is 47.5 Å². The van der Waals surface area contributed by atoms with E-state index in [0.29, 0.717) is 5.69 Å². The minimum atomic E-state index is -0.357. The van der Waals surface area contributed by atoms with Crippen molar-refractivity contribution in [2.75, 3.05) is 5.32 Å². The van der Waals surface area contributed by atoms with E-state index in [2.05, 4.69) is 15.3 Å². The van der Waals surface area contributed by atoms with Gasteiger partial charge in [0.1, 0.15) is 5.69 Å². The fourth-order valence-corrected chi connectivity index (χ4v) is 1.21. The fraction of sp³-hybridized carbons (Fsp3) is 0. The lowest BCUT2D eigenvalue weighted by Gasteiger charge is -2.03. The largest absolute Gasteiger partial charge is 0.321 e. The van der Waals surface area contributed by atoms with E-state index in [0.717, 1.165) is 0 Å². The summed E-state index contributed by atoms with van der Waals surface area (Å²) in [7, 11) is 0. The van der Waals surface area contributed by atoms with Crippen molar-refractivity contribution in [2.45, 2.75) is 0 Å². The molecule has 0 saturated heterocycles. The van der Waals surface area contributed by atoms with E-state index in [-0.39, 0.29) is 17.2 Å². The number of aromatic amines is 1. The SMILES string of the molecule is O=C(Nc1ccncc1)c1cccc(=O)[nH]1. The van der Waals surface area contributed by atoms with Gasteiger partial charge < -0.3 is 10.3 Å². The van der Waals surface area contributed by atoms with Crippen molar-refractivity contribution in [3.63, 3.8) is 0 Å². The van der Waals surface area contributed by atoms with E-state index in [1.54, 1.807) is 24.5 Å². The van der Waals surface area contributed by atoms with Crippen LogP contribution in [0.1, 0.15) is 10.5 Å². The van der Waals surface area contributed by atoms with Crippen LogP contribution in [0.2, 0.25) is 0 Å². The first kappa shape index (κ1) is 10.1. The molecular formula is C11H9N3O2. The molecule has 0 unspecified atom stereocenters. The third-order valence-corrected chi connectivity index (χ3v) is 1.95. The maximum atomic E-state index is 11.7. The van der Waals surface area contributed by atoms with Crippen molar-refractivity contribution >= 4 is 11.6 Å². The van der Waals surface area contributed by atoms with Gasteiger partial charge in [0.2, 0.25) is 5.56 Å². The van der Waals surface area contributed by atoms with Crippen molar-refractivity contribution in [1.29, 1.82) is 0 Å². The third-order valence-electron chi connectivity index (χ3n) is 1.95. The van der Waals surface area contributed by atoms with Crippen molar-refractivity contribution in [3.05, 3.63) is 58.8 Å². The number of nitrogens with zero attached hydrogens (tertiary/aromatic N) is 1. The van der Waals surface area contributed by atoms with Crippen LogP contribution in [-0.2, 0) is 0 Å². The molecule has 5 heteroatoms. The van der Waals surface area contributed by atoms with Gasteiger partial charge >= 0.3 is 0 Å². The Morgan fingerprint density at radius 2 is 1.94 bits per heavy atom. The van der Waals surface area contributed by atoms with Gasteiger partial charge in [-0.15, -0.1) is 0 Å². The molecule has 2 aromatic rings. The maximum Gasteiger partial charge on any atom is 0.272 e. The topological polar surface area (TPSA) is 74.8 Å². The number of aromatic nitrogens is 2. The second-order valence-corrected chi connectivity index (χ2v) is 3.12. The molecule has 80 valence electrons. The van der Waals surface area contributed by atoms with E-state index >= 15 is 0 Å². The summed E-state index contributed by atoms with van der Waals surface area (Å²) in [6.45, 7) is 0. The minimum absolute atomic E-state index is 0.226. The van der Waals surface area contributed by atoms with Gasteiger partial charge in [-0.05, 0) is 18.2 Å². The first-order valence-corrected chi connectivity index (χ1v) is 4.66. The van der Waals surface area contributed by atoms with Crippen LogP contribution >= 0.6 is 0 Å². The van der Waals surface area contributed by atoms with E-state index < -0.39 is 0 Å². The number of rotatable bonds is 2. The Kier molecular flexibility index (Phi) is 2.77. The molecule has 2 heterocycles. The van der Waals surface area contributed by atoms with Gasteiger partial charge in [-0.25, -0.2) is 0 Å². The number of anilines is 1. The molecule has 2 N–H and O–H groups in total. The van der Waals surface area contributed by atoms with Crippen LogP contribution < -0.4 is 10.9 Å². The molecule has 0 saturated carbocycles. The molecule has 0 aliphatic heterocycles. The Morgan fingerprint density at radius 1 is 1.19 bits per heavy atom. The average molecular weight is 215 g/mol. The van der Waals surface area contributed by atoms with Gasteiger partial charge in [0.25, 0.3) is 5.91 Å². The highest BCUT2D eigenvalue weighted by Crippen LogP contribution is 2.04. The standard InChI is InChI=1S/C11H9N3O2/c15-10-3-1-2-9(14-10)11(16)13-8-4-6-12-7-5-8/h1-7H,(H,14,15)(H,12,13,16). The number of carbonyl (C=O) groups is 1. The van der Waals surface area contributed by atoms with E-state index in [9.17, 15) is 9.59 Å². The van der Waals surface area contributed by atoms with Crippen molar-refractivity contribution in [2.24, 2.45) is 0 Å². The Hall–Kier alpha value is -2.43. The normalized spacial score (nSPS) is 9.75. The zero-order valence-corrected chi connectivity index (χ0v) is 8.31. The molecule has 0 fully saturated rings. The molecule has 0 radical (unpaired) electrons. The van der Waals surface area contributed by atoms with E-state index in [1.807, 2.05) is 0 Å².